The molecule has 1 aromatic rings. The van der Waals surface area contributed by atoms with Crippen molar-refractivity contribution in [3.63, 3.8) is 0 Å². The first kappa shape index (κ1) is 20.0. The fraction of sp³-hybridized carbons (Fsp3) is 0.421. The second kappa shape index (κ2) is 9.39. The van der Waals surface area contributed by atoms with Crippen LogP contribution in [0.25, 0.3) is 6.08 Å². The van der Waals surface area contributed by atoms with Crippen LogP contribution in [-0.2, 0) is 9.59 Å². The van der Waals surface area contributed by atoms with E-state index >= 15 is 0 Å². The maximum Gasteiger partial charge on any atom is 0.262 e. The molecule has 7 heteroatoms. The Bertz CT molecular complexity index is 755. The summed E-state index contributed by atoms with van der Waals surface area (Å²) in [5, 5.41) is 12.3. The average molecular weight is 420 g/mol. The number of amides is 2. The second-order valence-electron chi connectivity index (χ2n) is 6.46. The van der Waals surface area contributed by atoms with Crippen LogP contribution in [-0.4, -0.2) is 24.5 Å². The van der Waals surface area contributed by atoms with E-state index in [1.54, 1.807) is 18.2 Å². The molecule has 1 saturated carbocycles. The lowest BCUT2D eigenvalue weighted by molar-refractivity contribution is -0.120. The van der Waals surface area contributed by atoms with Crippen molar-refractivity contribution in [2.24, 2.45) is 11.7 Å². The van der Waals surface area contributed by atoms with Gasteiger partial charge in [-0.1, -0.05) is 25.8 Å². The van der Waals surface area contributed by atoms with E-state index in [4.69, 9.17) is 10.5 Å². The van der Waals surface area contributed by atoms with E-state index in [0.717, 1.165) is 19.3 Å². The Hall–Kier alpha value is -2.33. The molecule has 0 aromatic heterocycles. The highest BCUT2D eigenvalue weighted by atomic mass is 79.9. The number of carbonyl (C=O) groups excluding carboxylic acids is 2. The molecule has 0 spiro atoms. The summed E-state index contributed by atoms with van der Waals surface area (Å²) in [7, 11) is 0. The van der Waals surface area contributed by atoms with Gasteiger partial charge < -0.3 is 15.8 Å². The fourth-order valence-corrected chi connectivity index (χ4v) is 3.48. The lowest BCUT2D eigenvalue weighted by Crippen LogP contribution is -2.41. The summed E-state index contributed by atoms with van der Waals surface area (Å²) in [6, 6.07) is 7.15. The van der Waals surface area contributed by atoms with E-state index in [2.05, 4.69) is 28.2 Å². The molecule has 1 aromatic carbocycles. The monoisotopic (exact) mass is 419 g/mol. The number of ether oxygens (including phenoxy) is 1. The van der Waals surface area contributed by atoms with Crippen LogP contribution in [0.3, 0.4) is 0 Å². The van der Waals surface area contributed by atoms with Gasteiger partial charge in [0.05, 0.1) is 4.47 Å². The molecule has 1 aliphatic carbocycles. The third kappa shape index (κ3) is 5.60. The number of rotatable bonds is 6. The number of carbonyl (C=O) groups is 2. The summed E-state index contributed by atoms with van der Waals surface area (Å²) in [5.41, 5.74) is 5.78. The third-order valence-electron chi connectivity index (χ3n) is 4.43. The molecular formula is C19H22BrN3O3. The fourth-order valence-electron chi connectivity index (χ4n) is 2.96. The zero-order valence-electron chi connectivity index (χ0n) is 14.6. The molecule has 2 atom stereocenters. The summed E-state index contributed by atoms with van der Waals surface area (Å²) in [5.74, 6) is -0.0407. The summed E-state index contributed by atoms with van der Waals surface area (Å²) in [4.78, 5) is 23.2. The highest BCUT2D eigenvalue weighted by molar-refractivity contribution is 9.10. The van der Waals surface area contributed by atoms with Crippen molar-refractivity contribution in [1.82, 2.24) is 5.32 Å². The van der Waals surface area contributed by atoms with Gasteiger partial charge in [0, 0.05) is 6.04 Å². The Morgan fingerprint density at radius 1 is 1.42 bits per heavy atom. The van der Waals surface area contributed by atoms with Crippen molar-refractivity contribution >= 4 is 33.8 Å². The maximum atomic E-state index is 12.4. The lowest BCUT2D eigenvalue weighted by Gasteiger charge is -2.29. The molecule has 0 unspecified atom stereocenters. The zero-order valence-corrected chi connectivity index (χ0v) is 16.2. The standard InChI is InChI=1S/C19H22BrN3O3/c1-12-4-2-3-5-16(12)23-19(25)14(10-21)8-13-6-7-17(15(20)9-13)26-11-18(22)24/h6-9,12,16H,2-5,11H2,1H3,(H2,22,24)(H,23,25)/b14-8+/t12-,16+/m1/s1. The molecule has 138 valence electrons. The molecule has 6 nitrogen and oxygen atoms in total. The largest absolute Gasteiger partial charge is 0.483 e. The summed E-state index contributed by atoms with van der Waals surface area (Å²) in [6.45, 7) is 1.90. The molecule has 0 heterocycles. The number of primary amides is 1. The van der Waals surface area contributed by atoms with Crippen LogP contribution in [0.1, 0.15) is 38.2 Å². The number of hydrogen-bond donors (Lipinski definition) is 2. The Labute approximate surface area is 161 Å². The van der Waals surface area contributed by atoms with Crippen molar-refractivity contribution < 1.29 is 14.3 Å². The predicted octanol–water partition coefficient (Wildman–Crippen LogP) is 2.92. The third-order valence-corrected chi connectivity index (χ3v) is 5.05. The van der Waals surface area contributed by atoms with Crippen LogP contribution in [0.15, 0.2) is 28.2 Å². The minimum Gasteiger partial charge on any atom is -0.483 e. The van der Waals surface area contributed by atoms with Crippen molar-refractivity contribution in [2.45, 2.75) is 38.6 Å². The van der Waals surface area contributed by atoms with Crippen LogP contribution in [0.5, 0.6) is 5.75 Å². The number of hydrogen-bond acceptors (Lipinski definition) is 4. The van der Waals surface area contributed by atoms with E-state index in [1.165, 1.54) is 12.5 Å². The number of nitriles is 1. The number of nitrogens with two attached hydrogens (primary N) is 1. The van der Waals surface area contributed by atoms with Gasteiger partial charge in [-0.05, 0) is 58.5 Å². The summed E-state index contributed by atoms with van der Waals surface area (Å²) < 4.78 is 5.86. The number of halogens is 1. The molecule has 3 N–H and O–H groups in total. The van der Waals surface area contributed by atoms with Crippen molar-refractivity contribution in [3.05, 3.63) is 33.8 Å². The number of benzene rings is 1. The molecule has 2 rings (SSSR count). The zero-order chi connectivity index (χ0) is 19.1. The van der Waals surface area contributed by atoms with Gasteiger partial charge in [-0.3, -0.25) is 9.59 Å². The molecular weight excluding hydrogens is 398 g/mol. The van der Waals surface area contributed by atoms with Crippen molar-refractivity contribution in [2.75, 3.05) is 6.61 Å². The molecule has 0 aliphatic heterocycles. The van der Waals surface area contributed by atoms with Gasteiger partial charge in [-0.15, -0.1) is 0 Å². The van der Waals surface area contributed by atoms with Crippen LogP contribution in [0.4, 0.5) is 0 Å². The summed E-state index contributed by atoms with van der Waals surface area (Å²) >= 11 is 3.34. The maximum absolute atomic E-state index is 12.4. The Morgan fingerprint density at radius 2 is 2.15 bits per heavy atom. The van der Waals surface area contributed by atoms with Crippen molar-refractivity contribution in [1.29, 1.82) is 5.26 Å². The second-order valence-corrected chi connectivity index (χ2v) is 7.31. The molecule has 2 amide bonds. The van der Waals surface area contributed by atoms with Crippen LogP contribution in [0, 0.1) is 17.2 Å². The SMILES string of the molecule is C[C@@H]1CCCC[C@@H]1NC(=O)/C(C#N)=C/c1ccc(OCC(N)=O)c(Br)c1. The topological polar surface area (TPSA) is 105 Å². The predicted molar refractivity (Wildman–Crippen MR) is 102 cm³/mol. The molecule has 26 heavy (non-hydrogen) atoms. The highest BCUT2D eigenvalue weighted by Gasteiger charge is 2.24. The van der Waals surface area contributed by atoms with E-state index in [-0.39, 0.29) is 24.1 Å². The molecule has 0 saturated heterocycles. The smallest absolute Gasteiger partial charge is 0.262 e. The van der Waals surface area contributed by atoms with Gasteiger partial charge in [-0.25, -0.2) is 0 Å². The molecule has 1 fully saturated rings. The van der Waals surface area contributed by atoms with Crippen LogP contribution >= 0.6 is 15.9 Å². The highest BCUT2D eigenvalue weighted by Crippen LogP contribution is 2.27. The molecule has 0 bridgehead atoms. The number of nitrogens with one attached hydrogen (secondary N) is 1. The summed E-state index contributed by atoms with van der Waals surface area (Å²) in [6.07, 6.45) is 5.86. The molecule has 0 radical (unpaired) electrons. The van der Waals surface area contributed by atoms with E-state index in [0.29, 0.717) is 21.7 Å². The minimum atomic E-state index is -0.568. The van der Waals surface area contributed by atoms with Gasteiger partial charge in [-0.2, -0.15) is 5.26 Å². The van der Waals surface area contributed by atoms with E-state index in [9.17, 15) is 14.9 Å². The van der Waals surface area contributed by atoms with E-state index in [1.807, 2.05) is 6.07 Å². The first-order chi connectivity index (χ1) is 12.4. The van der Waals surface area contributed by atoms with Gasteiger partial charge in [0.2, 0.25) is 0 Å². The number of nitrogens with zero attached hydrogens (tertiary/aromatic N) is 1. The van der Waals surface area contributed by atoms with Gasteiger partial charge in [0.1, 0.15) is 17.4 Å². The Balaban J connectivity index is 2.09. The van der Waals surface area contributed by atoms with Gasteiger partial charge in [0.25, 0.3) is 11.8 Å². The van der Waals surface area contributed by atoms with E-state index < -0.39 is 5.91 Å². The molecule has 1 aliphatic rings. The first-order valence-electron chi connectivity index (χ1n) is 8.54. The van der Waals surface area contributed by atoms with Crippen LogP contribution in [0.2, 0.25) is 0 Å². The van der Waals surface area contributed by atoms with Gasteiger partial charge >= 0.3 is 0 Å². The lowest BCUT2D eigenvalue weighted by atomic mass is 9.86. The Morgan fingerprint density at radius 3 is 2.77 bits per heavy atom. The first-order valence-corrected chi connectivity index (χ1v) is 9.33. The van der Waals surface area contributed by atoms with Crippen LogP contribution < -0.4 is 15.8 Å². The van der Waals surface area contributed by atoms with Gasteiger partial charge in [0.15, 0.2) is 6.61 Å². The average Bonchev–Trinajstić information content (AvgIpc) is 2.60. The minimum absolute atomic E-state index is 0.0560. The Kier molecular flexibility index (Phi) is 7.22. The van der Waals surface area contributed by atoms with Crippen molar-refractivity contribution in [3.8, 4) is 11.8 Å². The quantitative estimate of drug-likeness (QED) is 0.545. The normalized spacial score (nSPS) is 20.1.